The first kappa shape index (κ1) is 12.8. The zero-order chi connectivity index (χ0) is 13.1. The Morgan fingerprint density at radius 3 is 2.94 bits per heavy atom. The quantitative estimate of drug-likeness (QED) is 0.644. The van der Waals surface area contributed by atoms with Crippen LogP contribution in [0.1, 0.15) is 18.3 Å². The molecule has 5 nitrogen and oxygen atoms in total. The first-order valence-corrected chi connectivity index (χ1v) is 6.34. The third-order valence-electron chi connectivity index (χ3n) is 2.71. The van der Waals surface area contributed by atoms with Crippen LogP contribution < -0.4 is 0 Å². The fraction of sp³-hybridized carbons (Fsp3) is 0.250. The Morgan fingerprint density at radius 2 is 2.28 bits per heavy atom. The molecule has 1 aromatic carbocycles. The van der Waals surface area contributed by atoms with Crippen LogP contribution in [0.4, 0.5) is 5.69 Å². The third kappa shape index (κ3) is 2.43. The van der Waals surface area contributed by atoms with Crippen molar-refractivity contribution < 1.29 is 4.92 Å². The molecule has 0 spiro atoms. The van der Waals surface area contributed by atoms with Gasteiger partial charge in [-0.25, -0.2) is 4.98 Å². The second kappa shape index (κ2) is 5.30. The van der Waals surface area contributed by atoms with Crippen molar-refractivity contribution in [3.05, 3.63) is 56.6 Å². The average molecular weight is 310 g/mol. The summed E-state index contributed by atoms with van der Waals surface area (Å²) < 4.78 is 2.52. The number of nitrogens with zero attached hydrogens (tertiary/aromatic N) is 3. The SMILES string of the molecule is CCc1nccn1Cc1cccc([N+](=O)[O-])c1Br. The Kier molecular flexibility index (Phi) is 3.76. The summed E-state index contributed by atoms with van der Waals surface area (Å²) >= 11 is 3.30. The number of nitro groups is 1. The van der Waals surface area contributed by atoms with Gasteiger partial charge in [0.25, 0.3) is 5.69 Å². The van der Waals surface area contributed by atoms with Crippen molar-refractivity contribution in [3.63, 3.8) is 0 Å². The molecule has 0 aliphatic heterocycles. The summed E-state index contributed by atoms with van der Waals surface area (Å²) in [5.41, 5.74) is 0.961. The van der Waals surface area contributed by atoms with Crippen molar-refractivity contribution in [2.75, 3.05) is 0 Å². The van der Waals surface area contributed by atoms with Gasteiger partial charge < -0.3 is 4.57 Å². The Hall–Kier alpha value is -1.69. The zero-order valence-electron chi connectivity index (χ0n) is 9.84. The normalized spacial score (nSPS) is 10.6. The zero-order valence-corrected chi connectivity index (χ0v) is 11.4. The number of benzene rings is 1. The lowest BCUT2D eigenvalue weighted by molar-refractivity contribution is -0.385. The molecular formula is C12H12BrN3O2. The minimum Gasteiger partial charge on any atom is -0.330 e. The van der Waals surface area contributed by atoms with Crippen molar-refractivity contribution in [2.45, 2.75) is 19.9 Å². The molecule has 0 amide bonds. The molecule has 0 aliphatic carbocycles. The van der Waals surface area contributed by atoms with E-state index < -0.39 is 0 Å². The van der Waals surface area contributed by atoms with Crippen LogP contribution in [-0.2, 0) is 13.0 Å². The molecule has 0 radical (unpaired) electrons. The van der Waals surface area contributed by atoms with Gasteiger partial charge in [-0.2, -0.15) is 0 Å². The lowest BCUT2D eigenvalue weighted by atomic mass is 10.2. The molecule has 0 saturated carbocycles. The molecule has 0 atom stereocenters. The van der Waals surface area contributed by atoms with Gasteiger partial charge in [0, 0.05) is 24.9 Å². The summed E-state index contributed by atoms with van der Waals surface area (Å²) in [4.78, 5) is 14.7. The maximum Gasteiger partial charge on any atom is 0.283 e. The molecule has 0 fully saturated rings. The first-order chi connectivity index (χ1) is 8.63. The smallest absolute Gasteiger partial charge is 0.283 e. The van der Waals surface area contributed by atoms with E-state index >= 15 is 0 Å². The van der Waals surface area contributed by atoms with E-state index in [4.69, 9.17) is 0 Å². The summed E-state index contributed by atoms with van der Waals surface area (Å²) in [6, 6.07) is 5.06. The van der Waals surface area contributed by atoms with E-state index in [0.29, 0.717) is 11.0 Å². The van der Waals surface area contributed by atoms with E-state index in [2.05, 4.69) is 20.9 Å². The van der Waals surface area contributed by atoms with Crippen LogP contribution in [-0.4, -0.2) is 14.5 Å². The van der Waals surface area contributed by atoms with Crippen LogP contribution in [0, 0.1) is 10.1 Å². The maximum absolute atomic E-state index is 10.9. The summed E-state index contributed by atoms with van der Waals surface area (Å²) in [7, 11) is 0. The fourth-order valence-electron chi connectivity index (χ4n) is 1.81. The molecule has 0 unspecified atom stereocenters. The van der Waals surface area contributed by atoms with Crippen molar-refractivity contribution in [1.82, 2.24) is 9.55 Å². The Balaban J connectivity index is 2.35. The summed E-state index contributed by atoms with van der Waals surface area (Å²) in [5.74, 6) is 0.966. The minimum absolute atomic E-state index is 0.0886. The van der Waals surface area contributed by atoms with Crippen molar-refractivity contribution in [1.29, 1.82) is 0 Å². The van der Waals surface area contributed by atoms with Crippen LogP contribution in [0.3, 0.4) is 0 Å². The van der Waals surface area contributed by atoms with Gasteiger partial charge in [-0.15, -0.1) is 0 Å². The molecule has 1 heterocycles. The van der Waals surface area contributed by atoms with E-state index in [1.165, 1.54) is 6.07 Å². The molecule has 94 valence electrons. The lowest BCUT2D eigenvalue weighted by Gasteiger charge is -2.08. The summed E-state index contributed by atoms with van der Waals surface area (Å²) in [6.45, 7) is 2.60. The van der Waals surface area contributed by atoms with E-state index in [1.54, 1.807) is 12.3 Å². The standard InChI is InChI=1S/C12H12BrN3O2/c1-2-11-14-6-7-15(11)8-9-4-3-5-10(12(9)13)16(17)18/h3-7H,2,8H2,1H3. The highest BCUT2D eigenvalue weighted by Crippen LogP contribution is 2.28. The van der Waals surface area contributed by atoms with Crippen molar-refractivity contribution in [3.8, 4) is 0 Å². The molecule has 18 heavy (non-hydrogen) atoms. The van der Waals surface area contributed by atoms with Gasteiger partial charge in [0.15, 0.2) is 0 Å². The fourth-order valence-corrected chi connectivity index (χ4v) is 2.35. The predicted molar refractivity (Wildman–Crippen MR) is 71.5 cm³/mol. The van der Waals surface area contributed by atoms with Crippen molar-refractivity contribution >= 4 is 21.6 Å². The van der Waals surface area contributed by atoms with Crippen LogP contribution in [0.15, 0.2) is 35.1 Å². The maximum atomic E-state index is 10.9. The number of hydrogen-bond donors (Lipinski definition) is 0. The lowest BCUT2D eigenvalue weighted by Crippen LogP contribution is -2.04. The molecule has 2 aromatic rings. The molecule has 0 N–H and O–H groups in total. The predicted octanol–water partition coefficient (Wildman–Crippen LogP) is 3.16. The Bertz CT molecular complexity index is 580. The number of hydrogen-bond acceptors (Lipinski definition) is 3. The van der Waals surface area contributed by atoms with E-state index in [-0.39, 0.29) is 10.6 Å². The highest BCUT2D eigenvalue weighted by Gasteiger charge is 2.15. The number of imidazole rings is 1. The molecule has 0 aliphatic rings. The molecular weight excluding hydrogens is 298 g/mol. The number of halogens is 1. The molecule has 0 saturated heterocycles. The van der Waals surface area contributed by atoms with E-state index in [0.717, 1.165) is 17.8 Å². The number of aryl methyl sites for hydroxylation is 1. The Labute approximate surface area is 113 Å². The average Bonchev–Trinajstić information content (AvgIpc) is 2.78. The van der Waals surface area contributed by atoms with Gasteiger partial charge in [0.2, 0.25) is 0 Å². The third-order valence-corrected chi connectivity index (χ3v) is 3.63. The minimum atomic E-state index is -0.387. The second-order valence-electron chi connectivity index (χ2n) is 3.83. The Morgan fingerprint density at radius 1 is 1.50 bits per heavy atom. The molecule has 1 aromatic heterocycles. The van der Waals surface area contributed by atoms with Crippen LogP contribution in [0.25, 0.3) is 0 Å². The monoisotopic (exact) mass is 309 g/mol. The van der Waals surface area contributed by atoms with E-state index in [9.17, 15) is 10.1 Å². The number of rotatable bonds is 4. The van der Waals surface area contributed by atoms with E-state index in [1.807, 2.05) is 23.8 Å². The molecule has 0 bridgehead atoms. The summed E-state index contributed by atoms with van der Waals surface area (Å²) in [5, 5.41) is 10.9. The molecule has 2 rings (SSSR count). The van der Waals surface area contributed by atoms with Gasteiger partial charge in [0.05, 0.1) is 11.5 Å². The van der Waals surface area contributed by atoms with Crippen LogP contribution >= 0.6 is 15.9 Å². The topological polar surface area (TPSA) is 61.0 Å². The molecule has 6 heteroatoms. The van der Waals surface area contributed by atoms with Gasteiger partial charge in [-0.3, -0.25) is 10.1 Å². The first-order valence-electron chi connectivity index (χ1n) is 5.55. The highest BCUT2D eigenvalue weighted by molar-refractivity contribution is 9.10. The van der Waals surface area contributed by atoms with Gasteiger partial charge in [0.1, 0.15) is 10.3 Å². The van der Waals surface area contributed by atoms with Crippen LogP contribution in [0.2, 0.25) is 0 Å². The number of aromatic nitrogens is 2. The van der Waals surface area contributed by atoms with Crippen molar-refractivity contribution in [2.24, 2.45) is 0 Å². The van der Waals surface area contributed by atoms with Gasteiger partial charge in [-0.05, 0) is 21.5 Å². The number of nitro benzene ring substituents is 1. The largest absolute Gasteiger partial charge is 0.330 e. The summed E-state index contributed by atoms with van der Waals surface area (Å²) in [6.07, 6.45) is 4.45. The van der Waals surface area contributed by atoms with Gasteiger partial charge >= 0.3 is 0 Å². The highest BCUT2D eigenvalue weighted by atomic mass is 79.9. The van der Waals surface area contributed by atoms with Crippen LogP contribution in [0.5, 0.6) is 0 Å². The second-order valence-corrected chi connectivity index (χ2v) is 4.63. The van der Waals surface area contributed by atoms with Gasteiger partial charge in [-0.1, -0.05) is 19.1 Å².